The lowest BCUT2D eigenvalue weighted by Crippen LogP contribution is -2.44. The second kappa shape index (κ2) is 5.60. The van der Waals surface area contributed by atoms with Crippen LogP contribution in [0, 0.1) is 0 Å². The van der Waals surface area contributed by atoms with E-state index in [9.17, 15) is 4.79 Å². The van der Waals surface area contributed by atoms with Gasteiger partial charge in [-0.1, -0.05) is 18.2 Å². The quantitative estimate of drug-likeness (QED) is 0.458. The van der Waals surface area contributed by atoms with Crippen molar-refractivity contribution in [3.63, 3.8) is 0 Å². The van der Waals surface area contributed by atoms with E-state index in [0.29, 0.717) is 37.0 Å². The molecule has 1 amide bonds. The number of nitrogens with one attached hydrogen (secondary N) is 1. The van der Waals surface area contributed by atoms with Crippen LogP contribution in [0.25, 0.3) is 0 Å². The van der Waals surface area contributed by atoms with E-state index in [2.05, 4.69) is 5.43 Å². The summed E-state index contributed by atoms with van der Waals surface area (Å²) in [6, 6.07) is 11.6. The van der Waals surface area contributed by atoms with E-state index >= 15 is 0 Å². The van der Waals surface area contributed by atoms with Gasteiger partial charge in [-0.25, -0.2) is 5.43 Å². The minimum atomic E-state index is -0.887. The average molecular weight is 381 g/mol. The van der Waals surface area contributed by atoms with Gasteiger partial charge < -0.3 is 23.8 Å². The molecule has 1 spiro atoms. The van der Waals surface area contributed by atoms with E-state index in [1.807, 2.05) is 36.4 Å². The van der Waals surface area contributed by atoms with Crippen LogP contribution in [-0.4, -0.2) is 44.6 Å². The van der Waals surface area contributed by atoms with Gasteiger partial charge in [0.25, 0.3) is 0 Å². The lowest BCUT2D eigenvalue weighted by Gasteiger charge is -2.24. The van der Waals surface area contributed by atoms with E-state index in [-0.39, 0.29) is 24.8 Å². The molecule has 0 saturated carbocycles. The summed E-state index contributed by atoms with van der Waals surface area (Å²) in [4.78, 5) is 15.5. The molecular formula is C20H19N3O5. The third-order valence-electron chi connectivity index (χ3n) is 5.92. The normalized spacial score (nSPS) is 28.9. The van der Waals surface area contributed by atoms with Crippen LogP contribution < -0.4 is 30.4 Å². The van der Waals surface area contributed by atoms with Crippen LogP contribution >= 0.6 is 0 Å². The minimum Gasteiger partial charge on any atom is -0.491 e. The molecule has 3 unspecified atom stereocenters. The van der Waals surface area contributed by atoms with E-state index in [1.54, 1.807) is 4.90 Å². The van der Waals surface area contributed by atoms with Gasteiger partial charge in [-0.05, 0) is 17.7 Å². The van der Waals surface area contributed by atoms with Crippen molar-refractivity contribution in [1.82, 2.24) is 5.43 Å². The number of fused-ring (bicyclic) bond motifs is 5. The van der Waals surface area contributed by atoms with Crippen LogP contribution in [-0.2, 0) is 14.9 Å². The van der Waals surface area contributed by atoms with Crippen LogP contribution in [0.5, 0.6) is 17.2 Å². The topological polar surface area (TPSA) is 98.6 Å². The number of nitrogens with two attached hydrogens (primary N) is 1. The maximum absolute atomic E-state index is 13.7. The number of benzene rings is 2. The van der Waals surface area contributed by atoms with Gasteiger partial charge in [-0.2, -0.15) is 0 Å². The standard InChI is InChI=1S/C20H19N3O5/c21-22-18-17(28-18)9-23-13-4-2-1-3-11(13)20(19(23)24)10-27-14-8-16-15(7-12(14)20)25-5-6-26-16/h1-4,7-8,17-18,22H,5-6,9-10,21H2. The first-order valence-electron chi connectivity index (χ1n) is 9.32. The Hall–Kier alpha value is -2.81. The maximum atomic E-state index is 13.7. The van der Waals surface area contributed by atoms with Gasteiger partial charge in [0.2, 0.25) is 5.91 Å². The third kappa shape index (κ3) is 2.02. The number of epoxide rings is 1. The lowest BCUT2D eigenvalue weighted by atomic mass is 9.77. The van der Waals surface area contributed by atoms with Crippen molar-refractivity contribution in [1.29, 1.82) is 0 Å². The number of nitrogens with zero attached hydrogens (tertiary/aromatic N) is 1. The third-order valence-corrected chi connectivity index (χ3v) is 5.92. The summed E-state index contributed by atoms with van der Waals surface area (Å²) in [7, 11) is 0. The zero-order valence-corrected chi connectivity index (χ0v) is 15.0. The molecule has 3 N–H and O–H groups in total. The summed E-state index contributed by atoms with van der Waals surface area (Å²) in [5.41, 5.74) is 4.35. The Bertz CT molecular complexity index is 996. The first-order valence-corrected chi connectivity index (χ1v) is 9.32. The van der Waals surface area contributed by atoms with Crippen molar-refractivity contribution in [3.8, 4) is 17.2 Å². The van der Waals surface area contributed by atoms with Crippen LogP contribution in [0.15, 0.2) is 36.4 Å². The van der Waals surface area contributed by atoms with Gasteiger partial charge in [0.1, 0.15) is 43.3 Å². The number of hydrogen-bond donors (Lipinski definition) is 2. The summed E-state index contributed by atoms with van der Waals surface area (Å²) in [6.45, 7) is 1.68. The molecule has 2 aromatic rings. The molecule has 4 heterocycles. The van der Waals surface area contributed by atoms with Gasteiger partial charge in [0, 0.05) is 17.3 Å². The summed E-state index contributed by atoms with van der Waals surface area (Å²) < 4.78 is 22.9. The van der Waals surface area contributed by atoms with E-state index in [4.69, 9.17) is 24.8 Å². The molecule has 1 saturated heterocycles. The van der Waals surface area contributed by atoms with Gasteiger partial charge in [0.15, 0.2) is 11.5 Å². The predicted molar refractivity (Wildman–Crippen MR) is 98.5 cm³/mol. The first kappa shape index (κ1) is 16.2. The number of carbonyl (C=O) groups is 1. The molecule has 8 heteroatoms. The SMILES string of the molecule is NNC1OC1CN1C(=O)C2(COc3cc4c(cc32)OCCO4)c2ccccc21. The Morgan fingerprint density at radius 3 is 2.64 bits per heavy atom. The second-order valence-electron chi connectivity index (χ2n) is 7.38. The number of ether oxygens (including phenoxy) is 4. The monoisotopic (exact) mass is 381 g/mol. The molecule has 0 bridgehead atoms. The molecule has 4 aliphatic heterocycles. The largest absolute Gasteiger partial charge is 0.491 e. The molecule has 1 fully saturated rings. The fourth-order valence-corrected chi connectivity index (χ4v) is 4.50. The average Bonchev–Trinajstić information content (AvgIpc) is 3.34. The van der Waals surface area contributed by atoms with Gasteiger partial charge in [-0.3, -0.25) is 10.6 Å². The lowest BCUT2D eigenvalue weighted by molar-refractivity contribution is -0.122. The highest BCUT2D eigenvalue weighted by Crippen LogP contribution is 2.54. The Labute approximate surface area is 161 Å². The fourth-order valence-electron chi connectivity index (χ4n) is 4.50. The van der Waals surface area contributed by atoms with Crippen molar-refractivity contribution in [2.75, 3.05) is 31.3 Å². The molecule has 144 valence electrons. The molecule has 8 nitrogen and oxygen atoms in total. The second-order valence-corrected chi connectivity index (χ2v) is 7.38. The Balaban J connectivity index is 1.47. The summed E-state index contributed by atoms with van der Waals surface area (Å²) in [5, 5.41) is 0. The Morgan fingerprint density at radius 2 is 1.86 bits per heavy atom. The van der Waals surface area contributed by atoms with Crippen molar-refractivity contribution >= 4 is 11.6 Å². The predicted octanol–water partition coefficient (Wildman–Crippen LogP) is 0.671. The Morgan fingerprint density at radius 1 is 1.07 bits per heavy atom. The molecule has 28 heavy (non-hydrogen) atoms. The molecule has 0 aromatic heterocycles. The van der Waals surface area contributed by atoms with Crippen LogP contribution in [0.1, 0.15) is 11.1 Å². The smallest absolute Gasteiger partial charge is 0.245 e. The summed E-state index contributed by atoms with van der Waals surface area (Å²) >= 11 is 0. The highest BCUT2D eigenvalue weighted by Gasteiger charge is 2.58. The number of anilines is 1. The molecule has 2 aromatic carbocycles. The number of amides is 1. The minimum absolute atomic E-state index is 0.0181. The van der Waals surface area contributed by atoms with Crippen LogP contribution in [0.4, 0.5) is 5.69 Å². The zero-order chi connectivity index (χ0) is 18.9. The molecular weight excluding hydrogens is 362 g/mol. The number of para-hydroxylation sites is 1. The highest BCUT2D eigenvalue weighted by atomic mass is 16.6. The van der Waals surface area contributed by atoms with Gasteiger partial charge in [-0.15, -0.1) is 0 Å². The van der Waals surface area contributed by atoms with Crippen LogP contribution in [0.3, 0.4) is 0 Å². The van der Waals surface area contributed by atoms with Crippen LogP contribution in [0.2, 0.25) is 0 Å². The maximum Gasteiger partial charge on any atom is 0.245 e. The van der Waals surface area contributed by atoms with Gasteiger partial charge in [0.05, 0.1) is 6.54 Å². The van der Waals surface area contributed by atoms with Crippen molar-refractivity contribution in [2.45, 2.75) is 17.7 Å². The van der Waals surface area contributed by atoms with Crippen molar-refractivity contribution in [3.05, 3.63) is 47.5 Å². The number of rotatable bonds is 3. The molecule has 3 atom stereocenters. The fraction of sp³-hybridized carbons (Fsp3) is 0.350. The van der Waals surface area contributed by atoms with Gasteiger partial charge >= 0.3 is 0 Å². The van der Waals surface area contributed by atoms with Crippen molar-refractivity contribution in [2.24, 2.45) is 5.84 Å². The zero-order valence-electron chi connectivity index (χ0n) is 15.0. The number of hydrazine groups is 1. The molecule has 4 aliphatic rings. The summed E-state index contributed by atoms with van der Waals surface area (Å²) in [5.74, 6) is 7.40. The van der Waals surface area contributed by atoms with E-state index < -0.39 is 5.41 Å². The highest BCUT2D eigenvalue weighted by molar-refractivity contribution is 6.11. The Kier molecular flexibility index (Phi) is 3.24. The molecule has 6 rings (SSSR count). The molecule has 0 aliphatic carbocycles. The van der Waals surface area contributed by atoms with Crippen molar-refractivity contribution < 1.29 is 23.7 Å². The first-order chi connectivity index (χ1) is 13.7. The summed E-state index contributed by atoms with van der Waals surface area (Å²) in [6.07, 6.45) is -0.347. The van der Waals surface area contributed by atoms with E-state index in [1.165, 1.54) is 0 Å². The molecule has 0 radical (unpaired) electrons. The van der Waals surface area contributed by atoms with E-state index in [0.717, 1.165) is 16.8 Å². The number of carbonyl (C=O) groups excluding carboxylic acids is 1. The number of hydrogen-bond acceptors (Lipinski definition) is 7.